The molecule has 166 valence electrons. The molecule has 2 aromatic carbocycles. The summed E-state index contributed by atoms with van der Waals surface area (Å²) in [6, 6.07) is 8.52. The van der Waals surface area contributed by atoms with Gasteiger partial charge in [0.05, 0.1) is 29.9 Å². The molecule has 31 heavy (non-hydrogen) atoms. The van der Waals surface area contributed by atoms with E-state index in [9.17, 15) is 19.7 Å². The summed E-state index contributed by atoms with van der Waals surface area (Å²) in [5.74, 6) is 0.101. The van der Waals surface area contributed by atoms with E-state index < -0.39 is 23.4 Å². The molecular formula is C21H23BrN2O7. The molecule has 0 saturated heterocycles. The van der Waals surface area contributed by atoms with Crippen LogP contribution in [0, 0.1) is 16.0 Å². The van der Waals surface area contributed by atoms with Crippen LogP contribution in [0.25, 0.3) is 0 Å². The molecule has 0 saturated carbocycles. The van der Waals surface area contributed by atoms with Crippen molar-refractivity contribution in [2.24, 2.45) is 5.92 Å². The molecular weight excluding hydrogens is 472 g/mol. The zero-order chi connectivity index (χ0) is 23.0. The largest absolute Gasteiger partial charge is 0.493 e. The van der Waals surface area contributed by atoms with Crippen LogP contribution in [0.2, 0.25) is 0 Å². The van der Waals surface area contributed by atoms with Gasteiger partial charge in [0.2, 0.25) is 0 Å². The van der Waals surface area contributed by atoms with Crippen molar-refractivity contribution < 1.29 is 28.7 Å². The second-order valence-corrected chi connectivity index (χ2v) is 7.80. The van der Waals surface area contributed by atoms with E-state index in [4.69, 9.17) is 14.2 Å². The first-order chi connectivity index (χ1) is 14.7. The number of carbonyl (C=O) groups is 2. The van der Waals surface area contributed by atoms with Gasteiger partial charge in [0, 0.05) is 16.6 Å². The van der Waals surface area contributed by atoms with Crippen LogP contribution < -0.4 is 14.8 Å². The van der Waals surface area contributed by atoms with E-state index in [2.05, 4.69) is 35.1 Å². The summed E-state index contributed by atoms with van der Waals surface area (Å²) in [6.45, 7) is 4.18. The Bertz CT molecular complexity index is 963. The van der Waals surface area contributed by atoms with Crippen LogP contribution in [0.1, 0.15) is 30.6 Å². The summed E-state index contributed by atoms with van der Waals surface area (Å²) in [5.41, 5.74) is 0.399. The number of anilines is 1. The minimum atomic E-state index is -0.704. The summed E-state index contributed by atoms with van der Waals surface area (Å²) in [7, 11) is 1.47. The van der Waals surface area contributed by atoms with Crippen LogP contribution in [0.5, 0.6) is 11.5 Å². The van der Waals surface area contributed by atoms with Crippen molar-refractivity contribution in [3.05, 3.63) is 56.5 Å². The number of carbonyl (C=O) groups excluding carboxylic acids is 2. The summed E-state index contributed by atoms with van der Waals surface area (Å²) in [6.07, 6.45) is 0.882. The maximum Gasteiger partial charge on any atom is 0.338 e. The molecule has 0 aliphatic rings. The molecule has 0 heterocycles. The summed E-state index contributed by atoms with van der Waals surface area (Å²) < 4.78 is 16.3. The molecule has 2 aromatic rings. The first-order valence-electron chi connectivity index (χ1n) is 9.43. The second kappa shape index (κ2) is 11.3. The number of benzene rings is 2. The monoisotopic (exact) mass is 494 g/mol. The van der Waals surface area contributed by atoms with Crippen molar-refractivity contribution in [1.82, 2.24) is 0 Å². The highest BCUT2D eigenvalue weighted by Crippen LogP contribution is 2.29. The average Bonchev–Trinajstić information content (AvgIpc) is 2.73. The van der Waals surface area contributed by atoms with Crippen molar-refractivity contribution >= 4 is 39.2 Å². The van der Waals surface area contributed by atoms with Gasteiger partial charge in [-0.1, -0.05) is 13.8 Å². The van der Waals surface area contributed by atoms with Gasteiger partial charge < -0.3 is 19.5 Å². The summed E-state index contributed by atoms with van der Waals surface area (Å²) >= 11 is 3.16. The quantitative estimate of drug-likeness (QED) is 0.291. The molecule has 9 nitrogen and oxygen atoms in total. The number of hydrogen-bond acceptors (Lipinski definition) is 7. The molecule has 0 unspecified atom stereocenters. The minimum absolute atomic E-state index is 0.123. The predicted octanol–water partition coefficient (Wildman–Crippen LogP) is 4.59. The SMILES string of the molecule is COc1cc(C(=O)OCC(=O)Nc2ccc([N+](=O)[O-])cc2Br)ccc1OCCC(C)C. The Hall–Kier alpha value is -3.14. The number of nitrogens with one attached hydrogen (secondary N) is 1. The third kappa shape index (κ3) is 7.25. The van der Waals surface area contributed by atoms with Crippen LogP contribution >= 0.6 is 15.9 Å². The number of methoxy groups -OCH3 is 1. The van der Waals surface area contributed by atoms with Gasteiger partial charge in [0.15, 0.2) is 18.1 Å². The van der Waals surface area contributed by atoms with E-state index in [1.165, 1.54) is 37.4 Å². The Labute approximate surface area is 188 Å². The van der Waals surface area contributed by atoms with Gasteiger partial charge in [0.1, 0.15) is 0 Å². The van der Waals surface area contributed by atoms with E-state index in [1.54, 1.807) is 6.07 Å². The van der Waals surface area contributed by atoms with E-state index in [1.807, 2.05) is 0 Å². The normalized spacial score (nSPS) is 10.5. The number of nitro benzene ring substituents is 1. The number of halogens is 1. The van der Waals surface area contributed by atoms with Gasteiger partial charge in [-0.25, -0.2) is 4.79 Å². The molecule has 2 rings (SSSR count). The number of amides is 1. The van der Waals surface area contributed by atoms with Gasteiger partial charge in [-0.05, 0) is 52.5 Å². The van der Waals surface area contributed by atoms with Crippen LogP contribution in [0.3, 0.4) is 0 Å². The lowest BCUT2D eigenvalue weighted by molar-refractivity contribution is -0.384. The molecule has 1 N–H and O–H groups in total. The second-order valence-electron chi connectivity index (χ2n) is 6.94. The van der Waals surface area contributed by atoms with Crippen LogP contribution in [0.15, 0.2) is 40.9 Å². The van der Waals surface area contributed by atoms with E-state index in [0.717, 1.165) is 6.42 Å². The maximum atomic E-state index is 12.3. The lowest BCUT2D eigenvalue weighted by Crippen LogP contribution is -2.21. The van der Waals surface area contributed by atoms with E-state index >= 15 is 0 Å². The lowest BCUT2D eigenvalue weighted by atomic mass is 10.1. The third-order valence-electron chi connectivity index (χ3n) is 4.12. The number of rotatable bonds is 10. The first kappa shape index (κ1) is 24.1. The fraction of sp³-hybridized carbons (Fsp3) is 0.333. The Morgan fingerprint density at radius 3 is 2.52 bits per heavy atom. The van der Waals surface area contributed by atoms with Crippen LogP contribution in [-0.2, 0) is 9.53 Å². The molecule has 0 spiro atoms. The topological polar surface area (TPSA) is 117 Å². The zero-order valence-corrected chi connectivity index (χ0v) is 18.9. The number of non-ortho nitro benzene ring substituents is 1. The Balaban J connectivity index is 1.94. The molecule has 1 amide bonds. The van der Waals surface area contributed by atoms with Crippen LogP contribution in [0.4, 0.5) is 11.4 Å². The van der Waals surface area contributed by atoms with Gasteiger partial charge >= 0.3 is 5.97 Å². The number of nitro groups is 1. The van der Waals surface area contributed by atoms with Gasteiger partial charge in [-0.2, -0.15) is 0 Å². The van der Waals surface area contributed by atoms with Gasteiger partial charge in [-0.15, -0.1) is 0 Å². The van der Waals surface area contributed by atoms with Gasteiger partial charge in [-0.3, -0.25) is 14.9 Å². The summed E-state index contributed by atoms with van der Waals surface area (Å²) in [5, 5.41) is 13.3. The third-order valence-corrected chi connectivity index (χ3v) is 4.78. The molecule has 0 radical (unpaired) electrons. The van der Waals surface area contributed by atoms with Crippen molar-refractivity contribution in [2.75, 3.05) is 25.6 Å². The number of hydrogen-bond donors (Lipinski definition) is 1. The van der Waals surface area contributed by atoms with Crippen LogP contribution in [-0.4, -0.2) is 37.1 Å². The molecule has 0 aliphatic carbocycles. The zero-order valence-electron chi connectivity index (χ0n) is 17.3. The number of ether oxygens (including phenoxy) is 3. The molecule has 0 aromatic heterocycles. The maximum absolute atomic E-state index is 12.3. The highest BCUT2D eigenvalue weighted by molar-refractivity contribution is 9.10. The van der Waals surface area contributed by atoms with E-state index in [-0.39, 0.29) is 11.3 Å². The Kier molecular flexibility index (Phi) is 8.80. The Morgan fingerprint density at radius 1 is 1.16 bits per heavy atom. The lowest BCUT2D eigenvalue weighted by Gasteiger charge is -2.13. The number of esters is 1. The molecule has 0 aliphatic heterocycles. The van der Waals surface area contributed by atoms with Crippen molar-refractivity contribution in [1.29, 1.82) is 0 Å². The smallest absolute Gasteiger partial charge is 0.338 e. The molecule has 10 heteroatoms. The average molecular weight is 495 g/mol. The Morgan fingerprint density at radius 2 is 1.90 bits per heavy atom. The predicted molar refractivity (Wildman–Crippen MR) is 118 cm³/mol. The number of nitrogens with zero attached hydrogens (tertiary/aromatic N) is 1. The van der Waals surface area contributed by atoms with Crippen molar-refractivity contribution in [3.63, 3.8) is 0 Å². The molecule has 0 atom stereocenters. The molecule has 0 fully saturated rings. The van der Waals surface area contributed by atoms with Crippen molar-refractivity contribution in [2.45, 2.75) is 20.3 Å². The standard InChI is InChI=1S/C21H23BrN2O7/c1-13(2)8-9-30-18-7-4-14(10-19(18)29-3)21(26)31-12-20(25)23-17-6-5-15(24(27)28)11-16(17)22/h4-7,10-11,13H,8-9,12H2,1-3H3,(H,23,25). The summed E-state index contributed by atoms with van der Waals surface area (Å²) in [4.78, 5) is 34.6. The minimum Gasteiger partial charge on any atom is -0.493 e. The van der Waals surface area contributed by atoms with Crippen molar-refractivity contribution in [3.8, 4) is 11.5 Å². The van der Waals surface area contributed by atoms with Gasteiger partial charge in [0.25, 0.3) is 11.6 Å². The fourth-order valence-corrected chi connectivity index (χ4v) is 2.90. The highest BCUT2D eigenvalue weighted by atomic mass is 79.9. The van der Waals surface area contributed by atoms with E-state index in [0.29, 0.717) is 34.2 Å². The molecule has 0 bridgehead atoms. The highest BCUT2D eigenvalue weighted by Gasteiger charge is 2.16. The first-order valence-corrected chi connectivity index (χ1v) is 10.2. The fourth-order valence-electron chi connectivity index (χ4n) is 2.44.